The van der Waals surface area contributed by atoms with Gasteiger partial charge in [-0.15, -0.1) is 11.3 Å². The second-order valence-corrected chi connectivity index (χ2v) is 5.29. The summed E-state index contributed by atoms with van der Waals surface area (Å²) in [6.45, 7) is 4.42. The first-order valence-corrected chi connectivity index (χ1v) is 5.92. The van der Waals surface area contributed by atoms with E-state index in [1.54, 1.807) is 0 Å². The topological polar surface area (TPSA) is 12.0 Å². The van der Waals surface area contributed by atoms with Crippen molar-refractivity contribution in [1.82, 2.24) is 5.32 Å². The number of hydrogen-bond acceptors (Lipinski definition) is 2. The van der Waals surface area contributed by atoms with E-state index in [2.05, 4.69) is 24.4 Å². The Labute approximate surface area is 84.2 Å². The van der Waals surface area contributed by atoms with Crippen LogP contribution in [0.1, 0.15) is 29.0 Å². The summed E-state index contributed by atoms with van der Waals surface area (Å²) in [5.74, 6) is 1.05. The highest BCUT2D eigenvalue weighted by Gasteiger charge is 2.19. The maximum absolute atomic E-state index is 3.50. The third-order valence-corrected chi connectivity index (χ3v) is 3.52. The average molecular weight is 195 g/mol. The van der Waals surface area contributed by atoms with Gasteiger partial charge >= 0.3 is 0 Å². The predicted octanol–water partition coefficient (Wildman–Crippen LogP) is 2.95. The van der Waals surface area contributed by atoms with Gasteiger partial charge in [-0.25, -0.2) is 0 Å². The Morgan fingerprint density at radius 3 is 2.92 bits per heavy atom. The molecule has 1 N–H and O–H groups in total. The van der Waals surface area contributed by atoms with Crippen LogP contribution >= 0.6 is 11.3 Å². The third-order valence-electron chi connectivity index (χ3n) is 2.52. The average Bonchev–Trinajstić information content (AvgIpc) is 2.84. The van der Waals surface area contributed by atoms with Crippen LogP contribution in [-0.4, -0.2) is 6.54 Å². The fourth-order valence-corrected chi connectivity index (χ4v) is 2.36. The minimum Gasteiger partial charge on any atom is -0.312 e. The summed E-state index contributed by atoms with van der Waals surface area (Å²) >= 11 is 1.90. The van der Waals surface area contributed by atoms with Crippen LogP contribution in [0.3, 0.4) is 0 Å². The minimum absolute atomic E-state index is 1.05. The van der Waals surface area contributed by atoms with Gasteiger partial charge in [0.25, 0.3) is 0 Å². The summed E-state index contributed by atoms with van der Waals surface area (Å²) in [6.07, 6.45) is 4.32. The van der Waals surface area contributed by atoms with Crippen LogP contribution in [0.4, 0.5) is 0 Å². The van der Waals surface area contributed by atoms with Crippen LogP contribution in [0.15, 0.2) is 12.1 Å². The first-order valence-electron chi connectivity index (χ1n) is 5.10. The quantitative estimate of drug-likeness (QED) is 0.712. The molecular formula is C11H17NS. The number of nitrogens with one attached hydrogen (secondary N) is 1. The van der Waals surface area contributed by atoms with Crippen LogP contribution in [0.25, 0.3) is 0 Å². The molecule has 1 heterocycles. The van der Waals surface area contributed by atoms with Crippen molar-refractivity contribution in [3.05, 3.63) is 21.9 Å². The number of hydrogen-bond donors (Lipinski definition) is 1. The Kier molecular flexibility index (Phi) is 3.01. The van der Waals surface area contributed by atoms with Crippen molar-refractivity contribution in [3.63, 3.8) is 0 Å². The molecule has 1 saturated carbocycles. The normalized spacial score (nSPS) is 16.4. The molecule has 72 valence electrons. The second kappa shape index (κ2) is 4.25. The van der Waals surface area contributed by atoms with E-state index in [1.165, 1.54) is 35.6 Å². The van der Waals surface area contributed by atoms with Gasteiger partial charge in [0.2, 0.25) is 0 Å². The highest BCUT2D eigenvalue weighted by molar-refractivity contribution is 7.11. The molecule has 0 unspecified atom stereocenters. The molecule has 2 rings (SSSR count). The lowest BCUT2D eigenvalue weighted by molar-refractivity contribution is 0.616. The summed E-state index contributed by atoms with van der Waals surface area (Å²) < 4.78 is 0. The van der Waals surface area contributed by atoms with Gasteiger partial charge in [-0.2, -0.15) is 0 Å². The summed E-state index contributed by atoms with van der Waals surface area (Å²) in [5, 5.41) is 3.50. The van der Waals surface area contributed by atoms with Crippen molar-refractivity contribution in [2.24, 2.45) is 5.92 Å². The molecule has 1 aliphatic rings. The van der Waals surface area contributed by atoms with Gasteiger partial charge in [-0.05, 0) is 37.9 Å². The maximum atomic E-state index is 3.50. The zero-order chi connectivity index (χ0) is 9.10. The second-order valence-electron chi connectivity index (χ2n) is 3.92. The molecule has 0 radical (unpaired) electrons. The van der Waals surface area contributed by atoms with Gasteiger partial charge in [0.1, 0.15) is 0 Å². The van der Waals surface area contributed by atoms with Crippen molar-refractivity contribution in [2.45, 2.75) is 32.7 Å². The van der Waals surface area contributed by atoms with Gasteiger partial charge < -0.3 is 5.32 Å². The van der Waals surface area contributed by atoms with Gasteiger partial charge in [0, 0.05) is 16.3 Å². The van der Waals surface area contributed by atoms with Crippen molar-refractivity contribution < 1.29 is 0 Å². The van der Waals surface area contributed by atoms with E-state index >= 15 is 0 Å². The fraction of sp³-hybridized carbons (Fsp3) is 0.636. The van der Waals surface area contributed by atoms with Crippen molar-refractivity contribution in [1.29, 1.82) is 0 Å². The maximum Gasteiger partial charge on any atom is 0.0299 e. The van der Waals surface area contributed by atoms with Crippen LogP contribution in [0.2, 0.25) is 0 Å². The largest absolute Gasteiger partial charge is 0.312 e. The Balaban J connectivity index is 1.61. The molecule has 1 aromatic heterocycles. The zero-order valence-electron chi connectivity index (χ0n) is 8.18. The zero-order valence-corrected chi connectivity index (χ0v) is 8.99. The number of rotatable bonds is 5. The highest BCUT2D eigenvalue weighted by Crippen LogP contribution is 2.31. The van der Waals surface area contributed by atoms with Crippen LogP contribution in [0, 0.1) is 12.8 Å². The first kappa shape index (κ1) is 9.22. The Morgan fingerprint density at radius 1 is 1.46 bits per heavy atom. The lowest BCUT2D eigenvalue weighted by Gasteiger charge is -2.00. The first-order chi connectivity index (χ1) is 6.34. The number of thiophene rings is 1. The van der Waals surface area contributed by atoms with E-state index < -0.39 is 0 Å². The van der Waals surface area contributed by atoms with E-state index in [-0.39, 0.29) is 0 Å². The molecule has 2 heteroatoms. The van der Waals surface area contributed by atoms with Gasteiger partial charge in [0.05, 0.1) is 0 Å². The molecule has 1 aliphatic carbocycles. The van der Waals surface area contributed by atoms with E-state index in [4.69, 9.17) is 0 Å². The Hall–Kier alpha value is -0.340. The predicted molar refractivity (Wildman–Crippen MR) is 58.1 cm³/mol. The Morgan fingerprint density at radius 2 is 2.31 bits per heavy atom. The smallest absolute Gasteiger partial charge is 0.0299 e. The molecule has 0 amide bonds. The Bertz CT molecular complexity index is 263. The molecule has 13 heavy (non-hydrogen) atoms. The molecular weight excluding hydrogens is 178 g/mol. The van der Waals surface area contributed by atoms with Gasteiger partial charge in [0.15, 0.2) is 0 Å². The van der Waals surface area contributed by atoms with Gasteiger partial charge in [-0.1, -0.05) is 12.8 Å². The summed E-state index contributed by atoms with van der Waals surface area (Å²) in [6, 6.07) is 4.42. The molecule has 1 aromatic rings. The summed E-state index contributed by atoms with van der Waals surface area (Å²) in [5.41, 5.74) is 0. The fourth-order valence-electron chi connectivity index (χ4n) is 1.50. The molecule has 1 nitrogen and oxygen atoms in total. The van der Waals surface area contributed by atoms with Crippen molar-refractivity contribution >= 4 is 11.3 Å². The third kappa shape index (κ3) is 3.12. The SMILES string of the molecule is Cc1ccc(CNCCC2CC2)s1. The molecule has 0 saturated heterocycles. The molecule has 0 aliphatic heterocycles. The lowest BCUT2D eigenvalue weighted by Crippen LogP contribution is -2.14. The highest BCUT2D eigenvalue weighted by atomic mass is 32.1. The van der Waals surface area contributed by atoms with Crippen molar-refractivity contribution in [2.75, 3.05) is 6.54 Å². The monoisotopic (exact) mass is 195 g/mol. The minimum atomic E-state index is 1.05. The van der Waals surface area contributed by atoms with E-state index in [9.17, 15) is 0 Å². The van der Waals surface area contributed by atoms with Crippen LogP contribution in [0.5, 0.6) is 0 Å². The van der Waals surface area contributed by atoms with Crippen LogP contribution in [-0.2, 0) is 6.54 Å². The molecule has 0 atom stereocenters. The summed E-state index contributed by atoms with van der Waals surface area (Å²) in [7, 11) is 0. The standard InChI is InChI=1S/C11H17NS/c1-9-2-5-11(13-9)8-12-7-6-10-3-4-10/h2,5,10,12H,3-4,6-8H2,1H3. The van der Waals surface area contributed by atoms with E-state index in [0.717, 1.165) is 12.5 Å². The summed E-state index contributed by atoms with van der Waals surface area (Å²) in [4.78, 5) is 2.88. The van der Waals surface area contributed by atoms with E-state index in [0.29, 0.717) is 0 Å². The van der Waals surface area contributed by atoms with Gasteiger partial charge in [-0.3, -0.25) is 0 Å². The van der Waals surface area contributed by atoms with E-state index in [1.807, 2.05) is 11.3 Å². The molecule has 0 aromatic carbocycles. The molecule has 0 bridgehead atoms. The number of aryl methyl sites for hydroxylation is 1. The lowest BCUT2D eigenvalue weighted by atomic mass is 10.3. The van der Waals surface area contributed by atoms with Crippen molar-refractivity contribution in [3.8, 4) is 0 Å². The van der Waals surface area contributed by atoms with Crippen LogP contribution < -0.4 is 5.32 Å². The molecule has 0 spiro atoms. The molecule has 1 fully saturated rings.